The summed E-state index contributed by atoms with van der Waals surface area (Å²) in [6.07, 6.45) is 6.97. The van der Waals surface area contributed by atoms with E-state index < -0.39 is 0 Å². The van der Waals surface area contributed by atoms with Gasteiger partial charge in [0.15, 0.2) is 11.0 Å². The van der Waals surface area contributed by atoms with Gasteiger partial charge in [-0.05, 0) is 55.1 Å². The average molecular weight is 325 g/mol. The van der Waals surface area contributed by atoms with Crippen molar-refractivity contribution in [2.45, 2.75) is 6.92 Å². The van der Waals surface area contributed by atoms with Gasteiger partial charge < -0.3 is 4.42 Å². The second kappa shape index (κ2) is 6.66. The van der Waals surface area contributed by atoms with Crippen LogP contribution in [-0.2, 0) is 4.79 Å². The Hall–Kier alpha value is -2.60. The average Bonchev–Trinajstić information content (AvgIpc) is 3.13. The highest BCUT2D eigenvalue weighted by Gasteiger charge is 2.29. The van der Waals surface area contributed by atoms with E-state index in [1.807, 2.05) is 37.3 Å². The molecule has 3 heterocycles. The Labute approximate surface area is 138 Å². The van der Waals surface area contributed by atoms with Crippen molar-refractivity contribution in [2.24, 2.45) is 4.99 Å². The number of carbonyl (C=O) groups is 1. The minimum absolute atomic E-state index is 0.0782. The number of carbonyl (C=O) groups excluding carboxylic acids is 1. The minimum atomic E-state index is -0.0782. The second-order valence-electron chi connectivity index (χ2n) is 4.90. The van der Waals surface area contributed by atoms with Crippen molar-refractivity contribution in [3.8, 4) is 0 Å². The van der Waals surface area contributed by atoms with Crippen LogP contribution in [0.3, 0.4) is 0 Å². The van der Waals surface area contributed by atoms with Gasteiger partial charge in [-0.1, -0.05) is 12.1 Å². The van der Waals surface area contributed by atoms with Gasteiger partial charge in [0.25, 0.3) is 5.91 Å². The summed E-state index contributed by atoms with van der Waals surface area (Å²) in [5.41, 5.74) is 0.890. The van der Waals surface area contributed by atoms with Gasteiger partial charge in [0.05, 0.1) is 11.2 Å². The Morgan fingerprint density at radius 1 is 1.30 bits per heavy atom. The predicted molar refractivity (Wildman–Crippen MR) is 92.3 cm³/mol. The number of aliphatic imine (C=N–C) groups is 1. The van der Waals surface area contributed by atoms with Crippen molar-refractivity contribution in [3.63, 3.8) is 0 Å². The number of hydrogen-bond donors (Lipinski definition) is 0. The van der Waals surface area contributed by atoms with Crippen molar-refractivity contribution < 1.29 is 9.21 Å². The molecule has 1 aliphatic rings. The molecule has 6 heteroatoms. The first-order valence-corrected chi connectivity index (χ1v) is 7.85. The fourth-order valence-corrected chi connectivity index (χ4v) is 2.90. The maximum absolute atomic E-state index is 12.2. The number of thioether (sulfide) groups is 1. The van der Waals surface area contributed by atoms with Gasteiger partial charge in [-0.3, -0.25) is 9.69 Å². The largest absolute Gasteiger partial charge is 0.465 e. The van der Waals surface area contributed by atoms with Crippen LogP contribution in [0.5, 0.6) is 0 Å². The van der Waals surface area contributed by atoms with E-state index in [9.17, 15) is 4.79 Å². The number of pyridine rings is 1. The molecule has 0 saturated carbocycles. The van der Waals surface area contributed by atoms with E-state index in [4.69, 9.17) is 4.42 Å². The Balaban J connectivity index is 1.79. The molecule has 0 aliphatic carbocycles. The number of allylic oxidation sites excluding steroid dienone is 2. The topological polar surface area (TPSA) is 58.7 Å². The van der Waals surface area contributed by atoms with Crippen molar-refractivity contribution >= 4 is 34.7 Å². The third kappa shape index (κ3) is 3.60. The lowest BCUT2D eigenvalue weighted by Crippen LogP contribution is -2.23. The van der Waals surface area contributed by atoms with Gasteiger partial charge in [-0.15, -0.1) is 0 Å². The fourth-order valence-electron chi connectivity index (χ4n) is 1.97. The number of nitrogens with zero attached hydrogens (tertiary/aromatic N) is 3. The van der Waals surface area contributed by atoms with E-state index in [0.29, 0.717) is 15.9 Å². The third-order valence-electron chi connectivity index (χ3n) is 3.14. The maximum atomic E-state index is 12.2. The van der Waals surface area contributed by atoms with Crippen LogP contribution in [0.25, 0.3) is 6.08 Å². The number of likely N-dealkylation sites (N-methyl/N-ethyl adjacent to an activating group) is 1. The van der Waals surface area contributed by atoms with Crippen molar-refractivity contribution in [3.05, 3.63) is 65.1 Å². The monoisotopic (exact) mass is 325 g/mol. The number of aromatic nitrogens is 1. The standard InChI is InChI=1S/C17H15N3O2S/c1-12-6-3-10-15(18-12)19-17-20(2)16(21)14(23-17)9-4-7-13-8-5-11-22-13/h3-11H,1-2H3/b7-4+,14-9+,19-17+. The summed E-state index contributed by atoms with van der Waals surface area (Å²) in [6.45, 7) is 1.91. The Kier molecular flexibility index (Phi) is 4.43. The highest BCUT2D eigenvalue weighted by Crippen LogP contribution is 2.31. The Morgan fingerprint density at radius 2 is 2.17 bits per heavy atom. The molecular weight excluding hydrogens is 310 g/mol. The van der Waals surface area contributed by atoms with Gasteiger partial charge >= 0.3 is 0 Å². The molecule has 0 N–H and O–H groups in total. The summed E-state index contributed by atoms with van der Waals surface area (Å²) in [5.74, 6) is 1.26. The van der Waals surface area contributed by atoms with Crippen molar-refractivity contribution in [1.29, 1.82) is 0 Å². The van der Waals surface area contributed by atoms with Gasteiger partial charge in [0.1, 0.15) is 5.76 Å². The van der Waals surface area contributed by atoms with Crippen molar-refractivity contribution in [2.75, 3.05) is 7.05 Å². The molecule has 1 fully saturated rings. The first-order chi connectivity index (χ1) is 11.1. The molecule has 0 radical (unpaired) electrons. The minimum Gasteiger partial charge on any atom is -0.465 e. The molecule has 1 saturated heterocycles. The van der Waals surface area contributed by atoms with Gasteiger partial charge in [0, 0.05) is 12.7 Å². The molecule has 23 heavy (non-hydrogen) atoms. The lowest BCUT2D eigenvalue weighted by molar-refractivity contribution is -0.121. The third-order valence-corrected chi connectivity index (χ3v) is 4.22. The van der Waals surface area contributed by atoms with Crippen LogP contribution < -0.4 is 0 Å². The molecule has 0 unspecified atom stereocenters. The van der Waals surface area contributed by atoms with E-state index >= 15 is 0 Å². The highest BCUT2D eigenvalue weighted by molar-refractivity contribution is 8.18. The first kappa shape index (κ1) is 15.3. The Bertz CT molecular complexity index is 807. The predicted octanol–water partition coefficient (Wildman–Crippen LogP) is 3.77. The summed E-state index contributed by atoms with van der Waals surface area (Å²) in [6, 6.07) is 9.28. The summed E-state index contributed by atoms with van der Waals surface area (Å²) in [4.78, 5) is 23.2. The first-order valence-electron chi connectivity index (χ1n) is 7.03. The van der Waals surface area contributed by atoms with Crippen LogP contribution in [0.4, 0.5) is 5.82 Å². The zero-order valence-corrected chi connectivity index (χ0v) is 13.6. The number of rotatable bonds is 3. The molecule has 2 aromatic rings. The number of amidine groups is 1. The van der Waals surface area contributed by atoms with Gasteiger partial charge in [-0.2, -0.15) is 0 Å². The normalized spacial score (nSPS) is 18.7. The van der Waals surface area contributed by atoms with Crippen LogP contribution >= 0.6 is 11.8 Å². The highest BCUT2D eigenvalue weighted by atomic mass is 32.2. The SMILES string of the molecule is Cc1cccc(/N=C2/S/C(=C/C=C/c3ccco3)C(=O)N2C)n1. The summed E-state index contributed by atoms with van der Waals surface area (Å²) >= 11 is 1.33. The Morgan fingerprint density at radius 3 is 2.91 bits per heavy atom. The van der Waals surface area contributed by atoms with E-state index in [2.05, 4.69) is 9.98 Å². The second-order valence-corrected chi connectivity index (χ2v) is 5.91. The fraction of sp³-hybridized carbons (Fsp3) is 0.118. The summed E-state index contributed by atoms with van der Waals surface area (Å²) < 4.78 is 5.21. The van der Waals surface area contributed by atoms with Crippen LogP contribution in [-0.4, -0.2) is 28.0 Å². The van der Waals surface area contributed by atoms with E-state index in [1.54, 1.807) is 31.5 Å². The van der Waals surface area contributed by atoms with E-state index in [0.717, 1.165) is 11.5 Å². The molecule has 5 nitrogen and oxygen atoms in total. The van der Waals surface area contributed by atoms with Gasteiger partial charge in [0.2, 0.25) is 0 Å². The smallest absolute Gasteiger partial charge is 0.266 e. The number of amides is 1. The molecule has 3 rings (SSSR count). The lowest BCUT2D eigenvalue weighted by Gasteiger charge is -2.06. The molecular formula is C17H15N3O2S. The number of aryl methyl sites for hydroxylation is 1. The van der Waals surface area contributed by atoms with Crippen molar-refractivity contribution in [1.82, 2.24) is 9.88 Å². The van der Waals surface area contributed by atoms with Crippen LogP contribution in [0.2, 0.25) is 0 Å². The maximum Gasteiger partial charge on any atom is 0.266 e. The number of furan rings is 1. The number of hydrogen-bond acceptors (Lipinski definition) is 5. The van der Waals surface area contributed by atoms with E-state index in [1.165, 1.54) is 16.7 Å². The summed E-state index contributed by atoms with van der Waals surface area (Å²) in [7, 11) is 1.71. The van der Waals surface area contributed by atoms with Crippen LogP contribution in [0.15, 0.2) is 63.1 Å². The van der Waals surface area contributed by atoms with Crippen LogP contribution in [0.1, 0.15) is 11.5 Å². The molecule has 1 aliphatic heterocycles. The van der Waals surface area contributed by atoms with Gasteiger partial charge in [-0.25, -0.2) is 9.98 Å². The zero-order chi connectivity index (χ0) is 16.2. The molecule has 1 amide bonds. The zero-order valence-electron chi connectivity index (χ0n) is 12.8. The molecule has 0 aromatic carbocycles. The molecule has 116 valence electrons. The molecule has 0 spiro atoms. The molecule has 2 aromatic heterocycles. The lowest BCUT2D eigenvalue weighted by atomic mass is 10.3. The van der Waals surface area contributed by atoms with E-state index in [-0.39, 0.29) is 5.91 Å². The molecule has 0 atom stereocenters. The molecule has 0 bridgehead atoms. The quantitative estimate of drug-likeness (QED) is 0.806. The van der Waals surface area contributed by atoms with Crippen LogP contribution in [0, 0.1) is 6.92 Å². The summed E-state index contributed by atoms with van der Waals surface area (Å²) in [5, 5.41) is 0.616.